The summed E-state index contributed by atoms with van der Waals surface area (Å²) in [5.41, 5.74) is 1.34. The van der Waals surface area contributed by atoms with Crippen LogP contribution in [0.1, 0.15) is 10.4 Å². The molecule has 0 fully saturated rings. The van der Waals surface area contributed by atoms with Gasteiger partial charge in [-0.2, -0.15) is 5.26 Å². The van der Waals surface area contributed by atoms with Gasteiger partial charge in [0.15, 0.2) is 11.5 Å². The number of ether oxygens (including phenoxy) is 3. The topological polar surface area (TPSA) is 51.5 Å². The molecule has 0 atom stereocenters. The van der Waals surface area contributed by atoms with Crippen LogP contribution >= 0.6 is 11.3 Å². The molecule has 0 bridgehead atoms. The van der Waals surface area contributed by atoms with Gasteiger partial charge in [0.1, 0.15) is 6.07 Å². The molecule has 0 saturated carbocycles. The molecule has 0 saturated heterocycles. The van der Waals surface area contributed by atoms with Gasteiger partial charge < -0.3 is 14.2 Å². The van der Waals surface area contributed by atoms with Gasteiger partial charge in [-0.1, -0.05) is 6.07 Å². The molecule has 1 aromatic carbocycles. The summed E-state index contributed by atoms with van der Waals surface area (Å²) in [5.74, 6) is 1.64. The second-order valence-electron chi connectivity index (χ2n) is 4.07. The first kappa shape index (κ1) is 14.9. The molecule has 1 heterocycles. The third kappa shape index (κ3) is 3.01. The van der Waals surface area contributed by atoms with Crippen LogP contribution in [0, 0.1) is 11.3 Å². The average Bonchev–Trinajstić information content (AvgIpc) is 3.05. The minimum absolute atomic E-state index is 0.511. The van der Waals surface area contributed by atoms with Gasteiger partial charge >= 0.3 is 0 Å². The number of hydrogen-bond donors (Lipinski definition) is 0. The summed E-state index contributed by atoms with van der Waals surface area (Å²) < 4.78 is 16.0. The highest BCUT2D eigenvalue weighted by molar-refractivity contribution is 7.11. The van der Waals surface area contributed by atoms with Gasteiger partial charge in [0, 0.05) is 10.4 Å². The molecule has 0 unspecified atom stereocenters. The molecular formula is C16H15NO3S. The Morgan fingerprint density at radius 2 is 1.86 bits per heavy atom. The van der Waals surface area contributed by atoms with E-state index in [-0.39, 0.29) is 0 Å². The number of methoxy groups -OCH3 is 3. The largest absolute Gasteiger partial charge is 0.493 e. The number of nitriles is 1. The summed E-state index contributed by atoms with van der Waals surface area (Å²) in [6.45, 7) is 0. The second-order valence-corrected chi connectivity index (χ2v) is 5.02. The summed E-state index contributed by atoms with van der Waals surface area (Å²) in [6, 6.07) is 9.66. The van der Waals surface area contributed by atoms with Crippen molar-refractivity contribution >= 4 is 23.0 Å². The second kappa shape index (κ2) is 6.82. The van der Waals surface area contributed by atoms with Crippen LogP contribution in [-0.4, -0.2) is 21.3 Å². The van der Waals surface area contributed by atoms with E-state index >= 15 is 0 Å². The molecule has 108 valence electrons. The summed E-state index contributed by atoms with van der Waals surface area (Å²) in [7, 11) is 4.68. The van der Waals surface area contributed by atoms with Crippen LogP contribution in [0.3, 0.4) is 0 Å². The Bertz CT molecular complexity index is 684. The molecule has 0 aliphatic heterocycles. The Kier molecular flexibility index (Phi) is 4.85. The van der Waals surface area contributed by atoms with Crippen molar-refractivity contribution in [2.75, 3.05) is 21.3 Å². The summed E-state index contributed by atoms with van der Waals surface area (Å²) >= 11 is 1.52. The summed E-state index contributed by atoms with van der Waals surface area (Å²) in [6.07, 6.45) is 1.78. The van der Waals surface area contributed by atoms with Crippen LogP contribution in [0.4, 0.5) is 0 Å². The zero-order chi connectivity index (χ0) is 15.2. The lowest BCUT2D eigenvalue weighted by Gasteiger charge is -2.14. The third-order valence-corrected chi connectivity index (χ3v) is 3.84. The maximum atomic E-state index is 9.34. The van der Waals surface area contributed by atoms with E-state index in [4.69, 9.17) is 14.2 Å². The Balaban J connectivity index is 2.56. The molecule has 2 aromatic rings. The van der Waals surface area contributed by atoms with E-state index in [0.29, 0.717) is 22.8 Å². The minimum Gasteiger partial charge on any atom is -0.493 e. The minimum atomic E-state index is 0.511. The predicted octanol–water partition coefficient (Wildman–Crippen LogP) is 3.84. The Labute approximate surface area is 127 Å². The zero-order valence-corrected chi connectivity index (χ0v) is 12.9. The summed E-state index contributed by atoms with van der Waals surface area (Å²) in [4.78, 5) is 0.911. The van der Waals surface area contributed by atoms with Gasteiger partial charge in [0.05, 0.1) is 26.9 Å². The fourth-order valence-electron chi connectivity index (χ4n) is 1.98. The van der Waals surface area contributed by atoms with Crippen molar-refractivity contribution in [3.63, 3.8) is 0 Å². The molecule has 0 amide bonds. The predicted molar refractivity (Wildman–Crippen MR) is 83.9 cm³/mol. The summed E-state index contributed by atoms with van der Waals surface area (Å²) in [5, 5.41) is 11.3. The van der Waals surface area contributed by atoms with Gasteiger partial charge in [-0.3, -0.25) is 0 Å². The number of allylic oxidation sites excluding steroid dienone is 1. The number of benzene rings is 1. The molecule has 4 nitrogen and oxygen atoms in total. The zero-order valence-electron chi connectivity index (χ0n) is 12.0. The highest BCUT2D eigenvalue weighted by Gasteiger charge is 2.15. The SMILES string of the molecule is COc1ccc(/C=C(\C#N)c2cccs2)c(OC)c1OC. The first-order chi connectivity index (χ1) is 10.2. The van der Waals surface area contributed by atoms with E-state index in [0.717, 1.165) is 10.4 Å². The third-order valence-electron chi connectivity index (χ3n) is 2.94. The van der Waals surface area contributed by atoms with Gasteiger partial charge in [-0.05, 0) is 29.7 Å². The van der Waals surface area contributed by atoms with Crippen molar-refractivity contribution in [1.82, 2.24) is 0 Å². The Morgan fingerprint density at radius 1 is 1.10 bits per heavy atom. The normalized spacial score (nSPS) is 10.9. The number of nitrogens with zero attached hydrogens (tertiary/aromatic N) is 1. The average molecular weight is 301 g/mol. The van der Waals surface area contributed by atoms with Crippen molar-refractivity contribution in [3.8, 4) is 23.3 Å². The molecule has 21 heavy (non-hydrogen) atoms. The first-order valence-corrected chi connectivity index (χ1v) is 7.07. The monoisotopic (exact) mass is 301 g/mol. The number of rotatable bonds is 5. The molecule has 5 heteroatoms. The van der Waals surface area contributed by atoms with E-state index < -0.39 is 0 Å². The highest BCUT2D eigenvalue weighted by Crippen LogP contribution is 2.41. The smallest absolute Gasteiger partial charge is 0.203 e. The lowest BCUT2D eigenvalue weighted by Crippen LogP contribution is -1.96. The molecule has 0 aliphatic carbocycles. The standard InChI is InChI=1S/C16H15NO3S/c1-18-13-7-6-11(15(19-2)16(13)20-3)9-12(10-17)14-5-4-8-21-14/h4-9H,1-3H3/b12-9+. The van der Waals surface area contributed by atoms with E-state index in [9.17, 15) is 5.26 Å². The molecular weight excluding hydrogens is 286 g/mol. The lowest BCUT2D eigenvalue weighted by atomic mass is 10.1. The van der Waals surface area contributed by atoms with Gasteiger partial charge in [0.2, 0.25) is 5.75 Å². The molecule has 1 aromatic heterocycles. The quantitative estimate of drug-likeness (QED) is 0.787. The van der Waals surface area contributed by atoms with E-state index in [1.54, 1.807) is 33.5 Å². The maximum absolute atomic E-state index is 9.34. The van der Waals surface area contributed by atoms with E-state index in [1.807, 2.05) is 23.6 Å². The van der Waals surface area contributed by atoms with Crippen molar-refractivity contribution < 1.29 is 14.2 Å². The molecule has 0 N–H and O–H groups in total. The van der Waals surface area contributed by atoms with Crippen LogP contribution in [-0.2, 0) is 0 Å². The number of hydrogen-bond acceptors (Lipinski definition) is 5. The van der Waals surface area contributed by atoms with E-state index in [2.05, 4.69) is 6.07 Å². The van der Waals surface area contributed by atoms with Gasteiger partial charge in [-0.15, -0.1) is 11.3 Å². The van der Waals surface area contributed by atoms with Crippen LogP contribution in [0.15, 0.2) is 29.6 Å². The molecule has 0 radical (unpaired) electrons. The fraction of sp³-hybridized carbons (Fsp3) is 0.188. The van der Waals surface area contributed by atoms with Crippen LogP contribution in [0.5, 0.6) is 17.2 Å². The van der Waals surface area contributed by atoms with Crippen LogP contribution in [0.2, 0.25) is 0 Å². The highest BCUT2D eigenvalue weighted by atomic mass is 32.1. The molecule has 0 spiro atoms. The van der Waals surface area contributed by atoms with Gasteiger partial charge in [-0.25, -0.2) is 0 Å². The van der Waals surface area contributed by atoms with Crippen LogP contribution in [0.25, 0.3) is 11.6 Å². The van der Waals surface area contributed by atoms with E-state index in [1.165, 1.54) is 11.3 Å². The molecule has 2 rings (SSSR count). The van der Waals surface area contributed by atoms with Crippen molar-refractivity contribution in [2.24, 2.45) is 0 Å². The van der Waals surface area contributed by atoms with Gasteiger partial charge in [0.25, 0.3) is 0 Å². The van der Waals surface area contributed by atoms with Crippen molar-refractivity contribution in [3.05, 3.63) is 40.1 Å². The number of thiophene rings is 1. The maximum Gasteiger partial charge on any atom is 0.203 e. The van der Waals surface area contributed by atoms with Crippen molar-refractivity contribution in [1.29, 1.82) is 5.26 Å². The first-order valence-electron chi connectivity index (χ1n) is 6.19. The fourth-order valence-corrected chi connectivity index (χ4v) is 2.68. The lowest BCUT2D eigenvalue weighted by molar-refractivity contribution is 0.324. The Hall–Kier alpha value is -2.45. The molecule has 0 aliphatic rings. The Morgan fingerprint density at radius 3 is 2.38 bits per heavy atom. The van der Waals surface area contributed by atoms with Crippen molar-refractivity contribution in [2.45, 2.75) is 0 Å². The van der Waals surface area contributed by atoms with Crippen LogP contribution < -0.4 is 14.2 Å².